The van der Waals surface area contributed by atoms with Crippen molar-refractivity contribution in [3.63, 3.8) is 0 Å². The fourth-order valence-corrected chi connectivity index (χ4v) is 3.22. The quantitative estimate of drug-likeness (QED) is 0.841. The Labute approximate surface area is 157 Å². The van der Waals surface area contributed by atoms with E-state index in [1.54, 1.807) is 12.1 Å². The van der Waals surface area contributed by atoms with E-state index in [4.69, 9.17) is 16.3 Å². The van der Waals surface area contributed by atoms with Crippen molar-refractivity contribution in [2.75, 3.05) is 32.8 Å². The number of nitrogens with one attached hydrogen (secondary N) is 1. The number of rotatable bonds is 6. The van der Waals surface area contributed by atoms with E-state index in [0.29, 0.717) is 24.8 Å². The minimum atomic E-state index is -0.302. The second-order valence-corrected chi connectivity index (χ2v) is 6.76. The Hall–Kier alpha value is -1.95. The Morgan fingerprint density at radius 1 is 1.12 bits per heavy atom. The largest absolute Gasteiger partial charge is 0.379 e. The van der Waals surface area contributed by atoms with Gasteiger partial charge in [-0.1, -0.05) is 35.9 Å². The molecule has 0 saturated carbocycles. The van der Waals surface area contributed by atoms with Crippen LogP contribution in [0.15, 0.2) is 48.5 Å². The first-order valence-corrected chi connectivity index (χ1v) is 9.08. The molecule has 26 heavy (non-hydrogen) atoms. The van der Waals surface area contributed by atoms with E-state index in [9.17, 15) is 9.18 Å². The van der Waals surface area contributed by atoms with Crippen molar-refractivity contribution in [2.45, 2.75) is 12.5 Å². The number of ether oxygens (including phenoxy) is 1. The first-order chi connectivity index (χ1) is 12.6. The number of carbonyl (C=O) groups excluding carboxylic acids is 1. The van der Waals surface area contributed by atoms with Gasteiger partial charge >= 0.3 is 0 Å². The van der Waals surface area contributed by atoms with Crippen molar-refractivity contribution in [2.24, 2.45) is 0 Å². The first kappa shape index (κ1) is 18.8. The lowest BCUT2D eigenvalue weighted by atomic mass is 10.0. The van der Waals surface area contributed by atoms with E-state index < -0.39 is 0 Å². The highest BCUT2D eigenvalue weighted by molar-refractivity contribution is 6.30. The van der Waals surface area contributed by atoms with E-state index in [0.717, 1.165) is 24.2 Å². The summed E-state index contributed by atoms with van der Waals surface area (Å²) in [5, 5.41) is 3.70. The van der Waals surface area contributed by atoms with Gasteiger partial charge in [0.05, 0.1) is 25.7 Å². The maximum absolute atomic E-state index is 13.0. The van der Waals surface area contributed by atoms with Gasteiger partial charge in [0.25, 0.3) is 0 Å². The molecule has 2 aromatic carbocycles. The predicted octanol–water partition coefficient (Wildman–Crippen LogP) is 3.21. The highest BCUT2D eigenvalue weighted by atomic mass is 35.5. The number of hydrogen-bond donors (Lipinski definition) is 1. The molecule has 138 valence electrons. The molecule has 3 rings (SSSR count). The molecular formula is C20H22ClFN2O2. The van der Waals surface area contributed by atoms with Gasteiger partial charge in [-0.15, -0.1) is 0 Å². The van der Waals surface area contributed by atoms with Gasteiger partial charge in [0.1, 0.15) is 5.82 Å². The molecule has 0 aliphatic carbocycles. The maximum Gasteiger partial charge on any atom is 0.224 e. The van der Waals surface area contributed by atoms with Gasteiger partial charge in [0.2, 0.25) is 5.91 Å². The molecule has 0 bridgehead atoms. The fraction of sp³-hybridized carbons (Fsp3) is 0.350. The summed E-state index contributed by atoms with van der Waals surface area (Å²) >= 11 is 6.00. The van der Waals surface area contributed by atoms with Crippen LogP contribution in [0.5, 0.6) is 0 Å². The van der Waals surface area contributed by atoms with Gasteiger partial charge in [-0.05, 0) is 35.4 Å². The van der Waals surface area contributed by atoms with Crippen LogP contribution < -0.4 is 5.32 Å². The predicted molar refractivity (Wildman–Crippen MR) is 99.7 cm³/mol. The molecule has 4 nitrogen and oxygen atoms in total. The third-order valence-electron chi connectivity index (χ3n) is 4.51. The summed E-state index contributed by atoms with van der Waals surface area (Å²) < 4.78 is 18.4. The van der Waals surface area contributed by atoms with Crippen molar-refractivity contribution >= 4 is 17.5 Å². The zero-order chi connectivity index (χ0) is 18.4. The normalized spacial score (nSPS) is 16.2. The zero-order valence-corrected chi connectivity index (χ0v) is 15.2. The molecule has 1 heterocycles. The third-order valence-corrected chi connectivity index (χ3v) is 4.76. The first-order valence-electron chi connectivity index (χ1n) is 8.70. The minimum absolute atomic E-state index is 0.0633. The summed E-state index contributed by atoms with van der Waals surface area (Å²) in [6.07, 6.45) is 0.233. The van der Waals surface area contributed by atoms with E-state index in [1.165, 1.54) is 12.1 Å². The Kier molecular flexibility index (Phi) is 6.61. The second kappa shape index (κ2) is 9.12. The fourth-order valence-electron chi connectivity index (χ4n) is 3.09. The number of carbonyl (C=O) groups is 1. The van der Waals surface area contributed by atoms with Crippen LogP contribution in [0.4, 0.5) is 4.39 Å². The number of hydrogen-bond acceptors (Lipinski definition) is 3. The summed E-state index contributed by atoms with van der Waals surface area (Å²) in [6.45, 7) is 3.52. The molecule has 1 aliphatic heterocycles. The van der Waals surface area contributed by atoms with E-state index in [2.05, 4.69) is 10.2 Å². The lowest BCUT2D eigenvalue weighted by molar-refractivity contribution is -0.120. The Morgan fingerprint density at radius 2 is 1.77 bits per heavy atom. The monoisotopic (exact) mass is 376 g/mol. The molecule has 6 heteroatoms. The highest BCUT2D eigenvalue weighted by Crippen LogP contribution is 2.23. The minimum Gasteiger partial charge on any atom is -0.379 e. The van der Waals surface area contributed by atoms with Gasteiger partial charge in [-0.2, -0.15) is 0 Å². The molecule has 2 aromatic rings. The summed E-state index contributed by atoms with van der Waals surface area (Å²) in [5.74, 6) is -0.381. The average Bonchev–Trinajstić information content (AvgIpc) is 2.66. The third kappa shape index (κ3) is 5.27. The van der Waals surface area contributed by atoms with Crippen molar-refractivity contribution in [3.8, 4) is 0 Å². The van der Waals surface area contributed by atoms with Crippen LogP contribution in [0.25, 0.3) is 0 Å². The number of benzene rings is 2. The standard InChI is InChI=1S/C20H22ClFN2O2/c21-17-5-3-16(4-6-17)19(24-9-11-26-12-10-24)14-23-20(25)13-15-1-7-18(22)8-2-15/h1-8,19H,9-14H2,(H,23,25). The zero-order valence-electron chi connectivity index (χ0n) is 14.5. The molecule has 1 atom stereocenters. The summed E-state index contributed by atoms with van der Waals surface area (Å²) in [6, 6.07) is 13.8. The Morgan fingerprint density at radius 3 is 2.42 bits per heavy atom. The van der Waals surface area contributed by atoms with Crippen molar-refractivity contribution in [1.82, 2.24) is 10.2 Å². The Balaban J connectivity index is 1.64. The maximum atomic E-state index is 13.0. The van der Waals surface area contributed by atoms with Crippen molar-refractivity contribution in [3.05, 3.63) is 70.5 Å². The van der Waals surface area contributed by atoms with Gasteiger partial charge < -0.3 is 10.1 Å². The molecule has 0 radical (unpaired) electrons. The van der Waals surface area contributed by atoms with Crippen molar-refractivity contribution in [1.29, 1.82) is 0 Å². The number of nitrogens with zero attached hydrogens (tertiary/aromatic N) is 1. The van der Waals surface area contributed by atoms with Crippen molar-refractivity contribution < 1.29 is 13.9 Å². The van der Waals surface area contributed by atoms with Crippen LogP contribution in [-0.2, 0) is 16.0 Å². The molecule has 1 amide bonds. The van der Waals surface area contributed by atoms with Crippen LogP contribution in [0.1, 0.15) is 17.2 Å². The molecule has 1 unspecified atom stereocenters. The van der Waals surface area contributed by atoms with Crippen LogP contribution in [0.3, 0.4) is 0 Å². The van der Waals surface area contributed by atoms with Crippen LogP contribution in [-0.4, -0.2) is 43.7 Å². The molecule has 0 spiro atoms. The molecular weight excluding hydrogens is 355 g/mol. The van der Waals surface area contributed by atoms with E-state index in [-0.39, 0.29) is 24.2 Å². The molecule has 1 saturated heterocycles. The number of morpholine rings is 1. The molecule has 0 aromatic heterocycles. The van der Waals surface area contributed by atoms with Gasteiger partial charge in [0, 0.05) is 24.7 Å². The van der Waals surface area contributed by atoms with Gasteiger partial charge in [-0.25, -0.2) is 4.39 Å². The van der Waals surface area contributed by atoms with Gasteiger partial charge in [-0.3, -0.25) is 9.69 Å². The van der Waals surface area contributed by atoms with E-state index in [1.807, 2.05) is 24.3 Å². The lowest BCUT2D eigenvalue weighted by Crippen LogP contribution is -2.44. The Bertz CT molecular complexity index is 716. The molecule has 1 aliphatic rings. The topological polar surface area (TPSA) is 41.6 Å². The van der Waals surface area contributed by atoms with Crippen LogP contribution in [0, 0.1) is 5.82 Å². The smallest absolute Gasteiger partial charge is 0.224 e. The van der Waals surface area contributed by atoms with Crippen LogP contribution >= 0.6 is 11.6 Å². The summed E-state index contributed by atoms with van der Waals surface area (Å²) in [4.78, 5) is 14.6. The SMILES string of the molecule is O=C(Cc1ccc(F)cc1)NCC(c1ccc(Cl)cc1)N1CCOCC1. The number of halogens is 2. The summed E-state index contributed by atoms with van der Waals surface area (Å²) in [5.41, 5.74) is 1.90. The summed E-state index contributed by atoms with van der Waals surface area (Å²) in [7, 11) is 0. The van der Waals surface area contributed by atoms with Gasteiger partial charge in [0.15, 0.2) is 0 Å². The number of amides is 1. The lowest BCUT2D eigenvalue weighted by Gasteiger charge is -2.35. The van der Waals surface area contributed by atoms with Crippen LogP contribution in [0.2, 0.25) is 5.02 Å². The van der Waals surface area contributed by atoms with E-state index >= 15 is 0 Å². The average molecular weight is 377 g/mol. The molecule has 1 fully saturated rings. The highest BCUT2D eigenvalue weighted by Gasteiger charge is 2.23. The second-order valence-electron chi connectivity index (χ2n) is 6.32. The molecule has 1 N–H and O–H groups in total.